The number of carbonyl (C=O) groups excluding carboxylic acids is 12. The molecular weight excluding hydrogens is 1390 g/mol. The molecule has 0 aromatic heterocycles. The van der Waals surface area contributed by atoms with Gasteiger partial charge in [-0.25, -0.2) is 0 Å². The van der Waals surface area contributed by atoms with Crippen LogP contribution in [0.5, 0.6) is 5.75 Å². The number of fused-ring (bicyclic) bond motifs is 3. The highest BCUT2D eigenvalue weighted by Gasteiger charge is 2.57. The molecule has 2 aromatic carbocycles. The molecule has 29 heteroatoms. The molecule has 2 bridgehead atoms. The molecule has 12 amide bonds. The predicted octanol–water partition coefficient (Wildman–Crippen LogP) is 5.39. The van der Waals surface area contributed by atoms with Crippen LogP contribution < -0.4 is 15.4 Å². The number of alkyl halides is 3. The molecule has 1 spiro atoms. The van der Waals surface area contributed by atoms with Crippen molar-refractivity contribution in [2.24, 2.45) is 11.8 Å². The number of likely N-dealkylation sites (N-methyl/N-ethyl adjacent to an activating group) is 7. The summed E-state index contributed by atoms with van der Waals surface area (Å²) in [5.74, 6) is -9.34. The summed E-state index contributed by atoms with van der Waals surface area (Å²) in [4.78, 5) is 196. The van der Waals surface area contributed by atoms with E-state index in [0.717, 1.165) is 36.5 Å². The highest BCUT2D eigenvalue weighted by Crippen LogP contribution is 2.43. The maximum atomic E-state index is 15.8. The molecule has 0 radical (unpaired) electrons. The largest absolute Gasteiger partial charge is 0.496 e. The number of methoxy groups -OCH3 is 1. The second-order valence-corrected chi connectivity index (χ2v) is 30.4. The smallest absolute Gasteiger partial charge is 0.419 e. The lowest BCUT2D eigenvalue weighted by atomic mass is 9.73. The Morgan fingerprint density at radius 1 is 0.692 bits per heavy atom. The fourth-order valence-corrected chi connectivity index (χ4v) is 15.9. The molecule has 3 saturated carbocycles. The molecule has 3 aliphatic carbocycles. The molecule has 107 heavy (non-hydrogen) atoms. The van der Waals surface area contributed by atoms with Gasteiger partial charge in [-0.05, 0) is 126 Å². The number of aryl methyl sites for hydroxylation is 2. The predicted molar refractivity (Wildman–Crippen MR) is 392 cm³/mol. The Balaban J connectivity index is 1.23. The van der Waals surface area contributed by atoms with E-state index in [0.29, 0.717) is 62.5 Å². The number of hydrogen-bond donors (Lipinski definition) is 2. The summed E-state index contributed by atoms with van der Waals surface area (Å²) < 4.78 is 53.9. The summed E-state index contributed by atoms with van der Waals surface area (Å²) in [5.41, 5.74) is -0.738. The van der Waals surface area contributed by atoms with E-state index in [-0.39, 0.29) is 71.1 Å². The van der Waals surface area contributed by atoms with Gasteiger partial charge >= 0.3 is 6.18 Å². The summed E-state index contributed by atoms with van der Waals surface area (Å²) in [6.07, 6.45) is 2.67. The number of nitrogens with zero attached hydrogens (tertiary/aromatic N) is 10. The molecule has 3 heterocycles. The van der Waals surface area contributed by atoms with Crippen molar-refractivity contribution in [1.82, 2.24) is 59.6 Å². The quantitative estimate of drug-likeness (QED) is 0.212. The van der Waals surface area contributed by atoms with Crippen LogP contribution in [0.25, 0.3) is 0 Å². The second-order valence-electron chi connectivity index (χ2n) is 30.4. The van der Waals surface area contributed by atoms with Crippen molar-refractivity contribution in [2.45, 2.75) is 229 Å². The summed E-state index contributed by atoms with van der Waals surface area (Å²) in [7, 11) is 12.7. The maximum Gasteiger partial charge on any atom is 0.419 e. The Bertz CT molecular complexity index is 3600. The Hall–Kier alpha value is -8.63. The Morgan fingerprint density at radius 3 is 1.94 bits per heavy atom. The van der Waals surface area contributed by atoms with Gasteiger partial charge in [-0.2, -0.15) is 13.2 Å². The van der Waals surface area contributed by atoms with Crippen molar-refractivity contribution in [1.29, 1.82) is 0 Å². The fraction of sp³-hybridized carbons (Fsp3) is 0.667. The number of nitrogens with one attached hydrogen (secondary N) is 2. The van der Waals surface area contributed by atoms with Crippen LogP contribution in [0.3, 0.4) is 0 Å². The normalized spacial score (nSPS) is 26.8. The second kappa shape index (κ2) is 36.5. The van der Waals surface area contributed by atoms with Gasteiger partial charge in [0.2, 0.25) is 70.9 Å². The van der Waals surface area contributed by atoms with Crippen molar-refractivity contribution in [3.8, 4) is 5.75 Å². The summed E-state index contributed by atoms with van der Waals surface area (Å²) in [6.45, 7) is 7.91. The lowest BCUT2D eigenvalue weighted by molar-refractivity contribution is -0.166. The Labute approximate surface area is 627 Å². The van der Waals surface area contributed by atoms with E-state index >= 15 is 33.6 Å². The van der Waals surface area contributed by atoms with E-state index in [4.69, 9.17) is 9.47 Å². The van der Waals surface area contributed by atoms with Gasteiger partial charge in [0.25, 0.3) is 0 Å². The van der Waals surface area contributed by atoms with Crippen LogP contribution in [0.4, 0.5) is 13.2 Å². The first-order valence-electron chi connectivity index (χ1n) is 38.0. The van der Waals surface area contributed by atoms with Gasteiger partial charge in [-0.1, -0.05) is 94.5 Å². The van der Waals surface area contributed by atoms with E-state index < -0.39 is 186 Å². The molecule has 8 rings (SSSR count). The van der Waals surface area contributed by atoms with Crippen LogP contribution in [-0.2, 0) is 81.3 Å². The Morgan fingerprint density at radius 2 is 1.36 bits per heavy atom. The molecule has 10 atom stereocenters. The van der Waals surface area contributed by atoms with Gasteiger partial charge in [0, 0.05) is 95.0 Å². The van der Waals surface area contributed by atoms with Gasteiger partial charge in [0.15, 0.2) is 0 Å². The van der Waals surface area contributed by atoms with Gasteiger partial charge < -0.3 is 69.1 Å². The zero-order valence-electron chi connectivity index (χ0n) is 64.9. The van der Waals surface area contributed by atoms with Gasteiger partial charge in [0.05, 0.1) is 31.7 Å². The average Bonchev–Trinajstić information content (AvgIpc) is 1.64. The summed E-state index contributed by atoms with van der Waals surface area (Å²) in [6, 6.07) is -0.187. The van der Waals surface area contributed by atoms with Gasteiger partial charge in [-0.15, -0.1) is 0 Å². The highest BCUT2D eigenvalue weighted by molar-refractivity contribution is 6.01. The number of carbonyl (C=O) groups is 12. The zero-order valence-corrected chi connectivity index (χ0v) is 64.9. The lowest BCUT2D eigenvalue weighted by Crippen LogP contribution is -2.68. The number of halogens is 3. The third-order valence-electron chi connectivity index (χ3n) is 23.0. The van der Waals surface area contributed by atoms with Crippen LogP contribution in [0.1, 0.15) is 159 Å². The number of ether oxygens (including phenoxy) is 2. The SMILES string of the molecule is CCC[C@H]1C(=O)N[C@@H]([C@@H](C)CC)C(=O)N(C2CC2)CC(=O)N(C)[C@H]2C/C=C\CCN(C2=O)[C@@H](Cc2ccc(C)cc2)C(=O)N(C)CC(=O)N[C@H](CCc2ccc(C(F)(F)F)c(OC)c2)C(=O)N2C[C@H](OCC)C[C@H]2C(=O)N(C)C2(CCC2)C(=O)N(C)[C@@H](C2CCCC2)C(=O)N(C)[C@H](C(=O)N(C)C)CC(=O)N1C. The molecule has 590 valence electrons. The van der Waals surface area contributed by atoms with Crippen LogP contribution >= 0.6 is 0 Å². The van der Waals surface area contributed by atoms with Crippen molar-refractivity contribution < 1.29 is 80.2 Å². The maximum absolute atomic E-state index is 15.8. The first kappa shape index (κ1) is 84.0. The van der Waals surface area contributed by atoms with E-state index in [9.17, 15) is 37.1 Å². The molecule has 5 fully saturated rings. The molecule has 2 aromatic rings. The van der Waals surface area contributed by atoms with Crippen LogP contribution in [0.15, 0.2) is 54.6 Å². The van der Waals surface area contributed by atoms with Crippen molar-refractivity contribution >= 4 is 70.9 Å². The van der Waals surface area contributed by atoms with E-state index in [1.54, 1.807) is 19.9 Å². The van der Waals surface area contributed by atoms with Crippen molar-refractivity contribution in [3.63, 3.8) is 0 Å². The molecule has 0 unspecified atom stereocenters. The first-order valence-corrected chi connectivity index (χ1v) is 38.0. The minimum absolute atomic E-state index is 0.00358. The van der Waals surface area contributed by atoms with E-state index in [1.165, 1.54) is 113 Å². The minimum atomic E-state index is -4.78. The van der Waals surface area contributed by atoms with Crippen LogP contribution in [-0.4, -0.2) is 282 Å². The standard InChI is InChI=1S/C78H113F3N12O14/c1-15-24-57-68(97)83-66(49(5)16-2)74(103)92(53-34-35-53)47-65(96)87(10)58-27-19-18-22-40-91(73(58)102)60(41-50-30-28-48(4)29-31-50)71(100)85(8)46-63(94)82-56(37-33-51-32-36-55(78(79,80)81)62(42-51)106-14)69(98)93-45-54(107-17-3)43-61(93)72(101)90(13)77(38-23-39-77)76(105)89(12)67(52-25-20-21-26-52)75(104)88(11)59(70(99)84(6)7)44-64(95)86(57)9/h18-19,28-32,36,42,49,52-54,56-61,66-67H,15-17,20-27,33-35,37-41,43-47H2,1-14H3,(H,82,94)(H,83,97)/b19-18-/t49-,54+,56+,57-,58-,59-,60-,61-,66-,67-/m0/s1. The molecule has 6 aliphatic rings. The summed E-state index contributed by atoms with van der Waals surface area (Å²) >= 11 is 0. The third-order valence-corrected chi connectivity index (χ3v) is 23.0. The minimum Gasteiger partial charge on any atom is -0.496 e. The molecule has 26 nitrogen and oxygen atoms in total. The number of rotatable bonds is 15. The van der Waals surface area contributed by atoms with Crippen LogP contribution in [0, 0.1) is 18.8 Å². The van der Waals surface area contributed by atoms with Crippen LogP contribution in [0.2, 0.25) is 0 Å². The molecule has 2 saturated heterocycles. The highest BCUT2D eigenvalue weighted by atomic mass is 19.4. The fourth-order valence-electron chi connectivity index (χ4n) is 15.9. The molecular formula is C78H113F3N12O14. The van der Waals surface area contributed by atoms with Gasteiger partial charge in [-0.3, -0.25) is 57.5 Å². The lowest BCUT2D eigenvalue weighted by Gasteiger charge is -2.51. The third kappa shape index (κ3) is 19.5. The molecule has 2 N–H and O–H groups in total. The monoisotopic (exact) mass is 1500 g/mol. The van der Waals surface area contributed by atoms with E-state index in [2.05, 4.69) is 10.6 Å². The number of amides is 12. The number of hydrogen-bond acceptors (Lipinski definition) is 14. The zero-order chi connectivity index (χ0) is 78.7. The number of benzene rings is 2. The van der Waals surface area contributed by atoms with Crippen molar-refractivity contribution in [3.05, 3.63) is 76.9 Å². The summed E-state index contributed by atoms with van der Waals surface area (Å²) in [5, 5.41) is 5.78. The average molecular weight is 1500 g/mol. The van der Waals surface area contributed by atoms with E-state index in [1.807, 2.05) is 51.1 Å². The van der Waals surface area contributed by atoms with Gasteiger partial charge in [0.1, 0.15) is 66.2 Å². The molecule has 3 aliphatic heterocycles. The topological polar surface area (TPSA) is 280 Å². The first-order chi connectivity index (χ1) is 50.6. The Kier molecular flexibility index (Phi) is 28.7. The van der Waals surface area contributed by atoms with Crippen molar-refractivity contribution in [2.75, 3.05) is 96.3 Å².